The maximum Gasteiger partial charge on any atom is 0.337 e. The number of methoxy groups -OCH3 is 2. The summed E-state index contributed by atoms with van der Waals surface area (Å²) in [6, 6.07) is 20.0. The Bertz CT molecular complexity index is 1210. The Morgan fingerprint density at radius 1 is 1.06 bits per heavy atom. The molecule has 1 N–H and O–H groups in total. The number of hydrogen-bond acceptors (Lipinski definition) is 7. The molecule has 7 heteroatoms. The minimum Gasteiger partial charge on any atom is -0.507 e. The second kappa shape index (κ2) is 7.92. The Hall–Kier alpha value is -4.00. The predicted octanol–water partition coefficient (Wildman–Crippen LogP) is 4.43. The number of benzene rings is 3. The Morgan fingerprint density at radius 2 is 1.84 bits per heavy atom. The van der Waals surface area contributed by atoms with Crippen LogP contribution in [0.4, 0.5) is 0 Å². The lowest BCUT2D eigenvalue weighted by molar-refractivity contribution is -0.0209. The number of carbonyl (C=O) groups is 1. The average Bonchev–Trinajstić information content (AvgIpc) is 3.28. The van der Waals surface area contributed by atoms with Crippen LogP contribution in [0, 0.1) is 0 Å². The predicted molar refractivity (Wildman–Crippen MR) is 118 cm³/mol. The molecule has 0 aromatic heterocycles. The number of aromatic hydroxyl groups is 1. The number of phenols is 1. The zero-order valence-corrected chi connectivity index (χ0v) is 17.7. The number of nitrogens with zero attached hydrogens (tertiary/aromatic N) is 2. The van der Waals surface area contributed by atoms with Crippen LogP contribution in [0.15, 0.2) is 71.8 Å². The van der Waals surface area contributed by atoms with Gasteiger partial charge in [-0.25, -0.2) is 9.80 Å². The first kappa shape index (κ1) is 19.9. The Labute approximate surface area is 185 Å². The number of ether oxygens (including phenoxy) is 3. The highest BCUT2D eigenvalue weighted by molar-refractivity contribution is 6.04. The van der Waals surface area contributed by atoms with Crippen molar-refractivity contribution in [2.45, 2.75) is 18.7 Å². The largest absolute Gasteiger partial charge is 0.507 e. The van der Waals surface area contributed by atoms with Crippen molar-refractivity contribution in [1.29, 1.82) is 0 Å². The molecule has 2 atom stereocenters. The van der Waals surface area contributed by atoms with Gasteiger partial charge in [-0.2, -0.15) is 5.10 Å². The number of hydrazone groups is 1. The molecule has 0 fully saturated rings. The molecule has 32 heavy (non-hydrogen) atoms. The average molecular weight is 430 g/mol. The van der Waals surface area contributed by atoms with Crippen LogP contribution in [0.25, 0.3) is 0 Å². The number of phenolic OH excluding ortho intramolecular Hbond substituents is 1. The van der Waals surface area contributed by atoms with Crippen molar-refractivity contribution >= 4 is 11.7 Å². The van der Waals surface area contributed by atoms with Gasteiger partial charge in [0.25, 0.3) is 0 Å². The second-order valence-electron chi connectivity index (χ2n) is 7.63. The highest BCUT2D eigenvalue weighted by Crippen LogP contribution is 2.51. The van der Waals surface area contributed by atoms with Gasteiger partial charge in [0.05, 0.1) is 31.5 Å². The molecule has 2 heterocycles. The fourth-order valence-electron chi connectivity index (χ4n) is 4.25. The molecule has 0 amide bonds. The van der Waals surface area contributed by atoms with Crippen molar-refractivity contribution < 1.29 is 24.1 Å². The van der Waals surface area contributed by atoms with Crippen molar-refractivity contribution in [1.82, 2.24) is 5.01 Å². The fraction of sp³-hybridized carbons (Fsp3) is 0.200. The van der Waals surface area contributed by atoms with Crippen molar-refractivity contribution in [3.8, 4) is 17.2 Å². The quantitative estimate of drug-likeness (QED) is 0.617. The Kier molecular flexibility index (Phi) is 4.93. The molecule has 7 nitrogen and oxygen atoms in total. The van der Waals surface area contributed by atoms with Gasteiger partial charge in [-0.1, -0.05) is 36.4 Å². The lowest BCUT2D eigenvalue weighted by Gasteiger charge is -2.38. The van der Waals surface area contributed by atoms with E-state index in [0.29, 0.717) is 29.0 Å². The summed E-state index contributed by atoms with van der Waals surface area (Å²) in [6.45, 7) is 0. The van der Waals surface area contributed by atoms with Crippen molar-refractivity contribution in [2.75, 3.05) is 14.2 Å². The van der Waals surface area contributed by atoms with E-state index in [0.717, 1.165) is 16.8 Å². The van der Waals surface area contributed by atoms with Gasteiger partial charge in [0.1, 0.15) is 5.75 Å². The van der Waals surface area contributed by atoms with E-state index in [2.05, 4.69) is 0 Å². The minimum absolute atomic E-state index is 0.0891. The minimum atomic E-state index is -0.529. The fourth-order valence-corrected chi connectivity index (χ4v) is 4.25. The van der Waals surface area contributed by atoms with E-state index in [9.17, 15) is 9.90 Å². The lowest BCUT2D eigenvalue weighted by atomic mass is 9.95. The molecule has 0 saturated heterocycles. The van der Waals surface area contributed by atoms with E-state index in [4.69, 9.17) is 19.3 Å². The SMILES string of the molecule is COC(=O)c1ccc([C@H]2Oc3c(OC)cccc3[C@@H]3CC(c4ccccc4O)=NN23)cc1. The van der Waals surface area contributed by atoms with Crippen molar-refractivity contribution in [2.24, 2.45) is 5.10 Å². The van der Waals surface area contributed by atoms with E-state index in [1.54, 1.807) is 31.4 Å². The monoisotopic (exact) mass is 430 g/mol. The van der Waals surface area contributed by atoms with Crippen LogP contribution in [0.3, 0.4) is 0 Å². The van der Waals surface area contributed by atoms with E-state index in [1.165, 1.54) is 7.11 Å². The summed E-state index contributed by atoms with van der Waals surface area (Å²) < 4.78 is 16.8. The van der Waals surface area contributed by atoms with E-state index in [-0.39, 0.29) is 11.8 Å². The van der Waals surface area contributed by atoms with Gasteiger partial charge < -0.3 is 19.3 Å². The standard InChI is InChI=1S/C25H22N2O5/c1-30-22-9-5-7-18-20-14-19(17-6-3-4-8-21(17)28)26-27(20)24(32-23(18)22)15-10-12-16(13-11-15)25(29)31-2/h3-13,20,24,28H,14H2,1-2H3/t20-,24+/m0/s1. The number of hydrogen-bond donors (Lipinski definition) is 1. The van der Waals surface area contributed by atoms with Crippen molar-refractivity contribution in [3.63, 3.8) is 0 Å². The van der Waals surface area contributed by atoms with Gasteiger partial charge in [0, 0.05) is 23.1 Å². The summed E-state index contributed by atoms with van der Waals surface area (Å²) in [5.74, 6) is 1.12. The van der Waals surface area contributed by atoms with Gasteiger partial charge in [-0.3, -0.25) is 0 Å². The topological polar surface area (TPSA) is 80.6 Å². The van der Waals surface area contributed by atoms with Crippen LogP contribution in [-0.4, -0.2) is 36.0 Å². The third-order valence-corrected chi connectivity index (χ3v) is 5.83. The molecule has 2 aliphatic heterocycles. The van der Waals surface area contributed by atoms with Gasteiger partial charge >= 0.3 is 5.97 Å². The van der Waals surface area contributed by atoms with E-state index in [1.807, 2.05) is 47.5 Å². The highest BCUT2D eigenvalue weighted by atomic mass is 16.5. The first-order chi connectivity index (χ1) is 15.6. The molecule has 3 aromatic rings. The van der Waals surface area contributed by atoms with Gasteiger partial charge in [-0.05, 0) is 30.3 Å². The zero-order valence-electron chi connectivity index (χ0n) is 17.7. The summed E-state index contributed by atoms with van der Waals surface area (Å²) >= 11 is 0. The molecular weight excluding hydrogens is 408 g/mol. The molecule has 0 bridgehead atoms. The number of esters is 1. The molecule has 0 radical (unpaired) electrons. The zero-order chi connectivity index (χ0) is 22.2. The smallest absolute Gasteiger partial charge is 0.337 e. The maximum atomic E-state index is 11.8. The number of carbonyl (C=O) groups excluding carboxylic acids is 1. The van der Waals surface area contributed by atoms with Crippen LogP contribution in [0.5, 0.6) is 17.2 Å². The molecular formula is C25H22N2O5. The summed E-state index contributed by atoms with van der Waals surface area (Å²) in [4.78, 5) is 11.8. The lowest BCUT2D eigenvalue weighted by Crippen LogP contribution is -2.33. The molecule has 0 aliphatic carbocycles. The summed E-state index contributed by atoms with van der Waals surface area (Å²) in [6.07, 6.45) is 0.0801. The number of fused-ring (bicyclic) bond motifs is 3. The Balaban J connectivity index is 1.59. The summed E-state index contributed by atoms with van der Waals surface area (Å²) in [5, 5.41) is 17.1. The van der Waals surface area contributed by atoms with Crippen molar-refractivity contribution in [3.05, 3.63) is 89.0 Å². The molecule has 2 aliphatic rings. The normalized spacial score (nSPS) is 18.8. The van der Waals surface area contributed by atoms with Gasteiger partial charge in [0.2, 0.25) is 6.23 Å². The molecule has 0 saturated carbocycles. The molecule has 0 spiro atoms. The highest BCUT2D eigenvalue weighted by Gasteiger charge is 2.42. The molecule has 162 valence electrons. The summed E-state index contributed by atoms with van der Waals surface area (Å²) in [7, 11) is 2.97. The molecule has 5 rings (SSSR count). The van der Waals surface area contributed by atoms with Crippen LogP contribution in [-0.2, 0) is 4.74 Å². The first-order valence-corrected chi connectivity index (χ1v) is 10.3. The Morgan fingerprint density at radius 3 is 2.56 bits per heavy atom. The van der Waals surface area contributed by atoms with Crippen LogP contribution in [0.2, 0.25) is 0 Å². The van der Waals surface area contributed by atoms with Gasteiger partial charge in [0.15, 0.2) is 11.5 Å². The van der Waals surface area contributed by atoms with E-state index >= 15 is 0 Å². The second-order valence-corrected chi connectivity index (χ2v) is 7.63. The number of para-hydroxylation sites is 2. The summed E-state index contributed by atoms with van der Waals surface area (Å²) in [5.41, 5.74) is 3.75. The van der Waals surface area contributed by atoms with Crippen LogP contribution in [0.1, 0.15) is 45.7 Å². The maximum absolute atomic E-state index is 11.8. The third-order valence-electron chi connectivity index (χ3n) is 5.83. The first-order valence-electron chi connectivity index (χ1n) is 10.3. The molecule has 0 unspecified atom stereocenters. The van der Waals surface area contributed by atoms with E-state index < -0.39 is 12.2 Å². The third kappa shape index (κ3) is 3.22. The van der Waals surface area contributed by atoms with Gasteiger partial charge in [-0.15, -0.1) is 0 Å². The molecule has 3 aromatic carbocycles. The van der Waals surface area contributed by atoms with Crippen LogP contribution >= 0.6 is 0 Å². The number of rotatable bonds is 4. The van der Waals surface area contributed by atoms with Crippen LogP contribution < -0.4 is 9.47 Å².